The van der Waals surface area contributed by atoms with Gasteiger partial charge in [0.05, 0.1) is 5.41 Å². The SMILES string of the molecule is CN1CCC(C2(C)CN(c3ccccc3)C2=O)CC1. The van der Waals surface area contributed by atoms with E-state index in [1.165, 1.54) is 0 Å². The lowest BCUT2D eigenvalue weighted by Crippen LogP contribution is -2.64. The van der Waals surface area contributed by atoms with Crippen molar-refractivity contribution in [3.05, 3.63) is 30.3 Å². The van der Waals surface area contributed by atoms with Crippen molar-refractivity contribution in [3.8, 4) is 0 Å². The van der Waals surface area contributed by atoms with Crippen LogP contribution in [0.2, 0.25) is 0 Å². The van der Waals surface area contributed by atoms with Crippen LogP contribution in [0.3, 0.4) is 0 Å². The highest BCUT2D eigenvalue weighted by Crippen LogP contribution is 2.45. The molecule has 0 saturated carbocycles. The second-order valence-corrected chi connectivity index (χ2v) is 6.22. The van der Waals surface area contributed by atoms with Crippen LogP contribution >= 0.6 is 0 Å². The predicted octanol–water partition coefficient (Wildman–Crippen LogP) is 2.38. The van der Waals surface area contributed by atoms with Crippen molar-refractivity contribution in [1.29, 1.82) is 0 Å². The molecule has 102 valence electrons. The smallest absolute Gasteiger partial charge is 0.235 e. The molecule has 0 N–H and O–H groups in total. The van der Waals surface area contributed by atoms with Crippen LogP contribution in [0.5, 0.6) is 0 Å². The molecule has 0 spiro atoms. The molecule has 2 heterocycles. The third-order valence-corrected chi connectivity index (χ3v) is 4.91. The number of likely N-dealkylation sites (tertiary alicyclic amines) is 1. The Hall–Kier alpha value is -1.35. The molecule has 0 aliphatic carbocycles. The molecule has 1 aromatic rings. The number of nitrogens with zero attached hydrogens (tertiary/aromatic N) is 2. The average Bonchev–Trinajstić information content (AvgIpc) is 2.45. The highest BCUT2D eigenvalue weighted by Gasteiger charge is 2.53. The van der Waals surface area contributed by atoms with Gasteiger partial charge in [0.2, 0.25) is 5.91 Å². The molecule has 1 atom stereocenters. The van der Waals surface area contributed by atoms with E-state index in [0.29, 0.717) is 11.8 Å². The fourth-order valence-corrected chi connectivity index (χ4v) is 3.45. The molecule has 2 fully saturated rings. The Bertz CT molecular complexity index is 465. The van der Waals surface area contributed by atoms with Gasteiger partial charge in [-0.3, -0.25) is 4.79 Å². The first-order valence-corrected chi connectivity index (χ1v) is 7.17. The van der Waals surface area contributed by atoms with Gasteiger partial charge in [-0.2, -0.15) is 0 Å². The summed E-state index contributed by atoms with van der Waals surface area (Å²) in [7, 11) is 2.16. The maximum atomic E-state index is 12.6. The van der Waals surface area contributed by atoms with Crippen molar-refractivity contribution < 1.29 is 4.79 Å². The van der Waals surface area contributed by atoms with Crippen molar-refractivity contribution >= 4 is 11.6 Å². The van der Waals surface area contributed by atoms with E-state index in [0.717, 1.165) is 38.2 Å². The molecule has 1 aromatic carbocycles. The first-order chi connectivity index (χ1) is 9.11. The standard InChI is InChI=1S/C16H22N2O/c1-16(13-8-10-17(2)11-9-13)12-18(15(16)19)14-6-4-3-5-7-14/h3-7,13H,8-12H2,1-2H3. The second-order valence-electron chi connectivity index (χ2n) is 6.22. The molecular formula is C16H22N2O. The van der Waals surface area contributed by atoms with Crippen LogP contribution in [0.1, 0.15) is 19.8 Å². The number of hydrogen-bond acceptors (Lipinski definition) is 2. The molecule has 2 aliphatic heterocycles. The Morgan fingerprint density at radius 2 is 1.79 bits per heavy atom. The zero-order valence-electron chi connectivity index (χ0n) is 11.8. The highest BCUT2D eigenvalue weighted by atomic mass is 16.2. The lowest BCUT2D eigenvalue weighted by Gasteiger charge is -2.52. The molecule has 1 amide bonds. The van der Waals surface area contributed by atoms with Crippen LogP contribution in [0.15, 0.2) is 30.3 Å². The summed E-state index contributed by atoms with van der Waals surface area (Å²) in [5.41, 5.74) is 0.912. The van der Waals surface area contributed by atoms with Crippen LogP contribution in [-0.4, -0.2) is 37.5 Å². The topological polar surface area (TPSA) is 23.6 Å². The third-order valence-electron chi connectivity index (χ3n) is 4.91. The minimum absolute atomic E-state index is 0.128. The van der Waals surface area contributed by atoms with Gasteiger partial charge >= 0.3 is 0 Å². The van der Waals surface area contributed by atoms with E-state index in [9.17, 15) is 4.79 Å². The van der Waals surface area contributed by atoms with E-state index in [4.69, 9.17) is 0 Å². The van der Waals surface area contributed by atoms with Gasteiger partial charge in [0.15, 0.2) is 0 Å². The summed E-state index contributed by atoms with van der Waals surface area (Å²) in [5.74, 6) is 0.865. The molecule has 3 rings (SSSR count). The summed E-state index contributed by atoms with van der Waals surface area (Å²) in [5, 5.41) is 0. The number of carbonyl (C=O) groups excluding carboxylic acids is 1. The van der Waals surface area contributed by atoms with Crippen molar-refractivity contribution in [2.45, 2.75) is 19.8 Å². The zero-order valence-corrected chi connectivity index (χ0v) is 11.8. The number of carbonyl (C=O) groups is 1. The monoisotopic (exact) mass is 258 g/mol. The summed E-state index contributed by atoms with van der Waals surface area (Å²) >= 11 is 0. The van der Waals surface area contributed by atoms with Gasteiger partial charge in [-0.15, -0.1) is 0 Å². The molecule has 3 nitrogen and oxygen atoms in total. The first kappa shape index (κ1) is 12.7. The van der Waals surface area contributed by atoms with Gasteiger partial charge in [-0.25, -0.2) is 0 Å². The molecule has 2 saturated heterocycles. The minimum Gasteiger partial charge on any atom is -0.311 e. The number of hydrogen-bond donors (Lipinski definition) is 0. The second kappa shape index (κ2) is 4.64. The summed E-state index contributed by atoms with van der Waals surface area (Å²) in [6, 6.07) is 10.0. The molecule has 0 radical (unpaired) electrons. The fraction of sp³-hybridized carbons (Fsp3) is 0.562. The molecule has 2 aliphatic rings. The molecule has 3 heteroatoms. The fourth-order valence-electron chi connectivity index (χ4n) is 3.45. The number of para-hydroxylation sites is 1. The van der Waals surface area contributed by atoms with Crippen molar-refractivity contribution in [2.24, 2.45) is 11.3 Å². The van der Waals surface area contributed by atoms with Gasteiger partial charge in [0.1, 0.15) is 0 Å². The lowest BCUT2D eigenvalue weighted by atomic mass is 9.66. The molecule has 19 heavy (non-hydrogen) atoms. The van der Waals surface area contributed by atoms with Crippen molar-refractivity contribution in [3.63, 3.8) is 0 Å². The van der Waals surface area contributed by atoms with Crippen molar-refractivity contribution in [2.75, 3.05) is 31.6 Å². The molecule has 1 unspecified atom stereocenters. The molecule has 0 aromatic heterocycles. The number of benzene rings is 1. The van der Waals surface area contributed by atoms with E-state index in [-0.39, 0.29) is 5.41 Å². The van der Waals surface area contributed by atoms with Gasteiger partial charge < -0.3 is 9.80 Å². The van der Waals surface area contributed by atoms with E-state index in [1.807, 2.05) is 35.2 Å². The molecular weight excluding hydrogens is 236 g/mol. The average molecular weight is 258 g/mol. The van der Waals surface area contributed by atoms with Gasteiger partial charge in [0, 0.05) is 12.2 Å². The van der Waals surface area contributed by atoms with E-state index in [1.54, 1.807) is 0 Å². The van der Waals surface area contributed by atoms with E-state index in [2.05, 4.69) is 18.9 Å². The zero-order chi connectivity index (χ0) is 13.5. The number of piperidine rings is 1. The predicted molar refractivity (Wildman–Crippen MR) is 77.1 cm³/mol. The Labute approximate surface area is 115 Å². The quantitative estimate of drug-likeness (QED) is 0.760. The normalized spacial score (nSPS) is 29.4. The Morgan fingerprint density at radius 1 is 1.16 bits per heavy atom. The number of amides is 1. The number of β-lactam (4-membered cyclic amide) rings is 1. The minimum atomic E-state index is -0.128. The van der Waals surface area contributed by atoms with Crippen LogP contribution < -0.4 is 4.90 Å². The summed E-state index contributed by atoms with van der Waals surface area (Å²) < 4.78 is 0. The summed E-state index contributed by atoms with van der Waals surface area (Å²) in [6.07, 6.45) is 2.31. The first-order valence-electron chi connectivity index (χ1n) is 7.17. The largest absolute Gasteiger partial charge is 0.311 e. The maximum absolute atomic E-state index is 12.6. The maximum Gasteiger partial charge on any atom is 0.235 e. The van der Waals surface area contributed by atoms with Crippen LogP contribution in [0, 0.1) is 11.3 Å². The summed E-state index contributed by atoms with van der Waals surface area (Å²) in [4.78, 5) is 16.9. The van der Waals surface area contributed by atoms with Crippen LogP contribution in [0.25, 0.3) is 0 Å². The lowest BCUT2D eigenvalue weighted by molar-refractivity contribution is -0.139. The highest BCUT2D eigenvalue weighted by molar-refractivity contribution is 6.04. The Kier molecular flexibility index (Phi) is 3.09. The number of rotatable bonds is 2. The Balaban J connectivity index is 1.70. The molecule has 0 bridgehead atoms. The van der Waals surface area contributed by atoms with Gasteiger partial charge in [0.25, 0.3) is 0 Å². The van der Waals surface area contributed by atoms with E-state index >= 15 is 0 Å². The van der Waals surface area contributed by atoms with Crippen LogP contribution in [0.4, 0.5) is 5.69 Å². The van der Waals surface area contributed by atoms with Gasteiger partial charge in [-0.05, 0) is 58.0 Å². The van der Waals surface area contributed by atoms with Crippen molar-refractivity contribution in [1.82, 2.24) is 4.90 Å². The number of anilines is 1. The van der Waals surface area contributed by atoms with Crippen LogP contribution in [-0.2, 0) is 4.79 Å². The van der Waals surface area contributed by atoms with E-state index < -0.39 is 0 Å². The third kappa shape index (κ3) is 2.06. The van der Waals surface area contributed by atoms with Gasteiger partial charge in [-0.1, -0.05) is 18.2 Å². The summed E-state index contributed by atoms with van der Waals surface area (Å²) in [6.45, 7) is 5.28. The Morgan fingerprint density at radius 3 is 2.37 bits per heavy atom.